The average Bonchev–Trinajstić information content (AvgIpc) is 2.54. The Labute approximate surface area is 81.6 Å². The van der Waals surface area contributed by atoms with Gasteiger partial charge in [-0.05, 0) is 19.9 Å². The Morgan fingerprint density at radius 2 is 2.38 bits per heavy atom. The second-order valence-electron chi connectivity index (χ2n) is 3.98. The van der Waals surface area contributed by atoms with Crippen molar-refractivity contribution in [1.29, 1.82) is 0 Å². The molecule has 1 saturated heterocycles. The standard InChI is InChI=1S/C9H13N3S/c1-12-5-2-3-7(12)8-6(4-5)11-9(10)13-8/h5,7H,2-4H2,1H3,(H2,10,11). The van der Waals surface area contributed by atoms with Crippen LogP contribution in [0.15, 0.2) is 0 Å². The third-order valence-corrected chi connectivity index (χ3v) is 4.34. The quantitative estimate of drug-likeness (QED) is 0.680. The van der Waals surface area contributed by atoms with E-state index < -0.39 is 0 Å². The zero-order valence-corrected chi connectivity index (χ0v) is 8.47. The van der Waals surface area contributed by atoms with Crippen LogP contribution in [0.4, 0.5) is 5.13 Å². The van der Waals surface area contributed by atoms with Gasteiger partial charge in [-0.15, -0.1) is 11.3 Å². The normalized spacial score (nSPS) is 32.1. The summed E-state index contributed by atoms with van der Waals surface area (Å²) < 4.78 is 0. The van der Waals surface area contributed by atoms with Gasteiger partial charge in [-0.2, -0.15) is 0 Å². The number of rotatable bonds is 0. The van der Waals surface area contributed by atoms with Crippen LogP contribution in [0.3, 0.4) is 0 Å². The first-order valence-electron chi connectivity index (χ1n) is 4.72. The van der Waals surface area contributed by atoms with Crippen LogP contribution in [-0.2, 0) is 6.42 Å². The highest BCUT2D eigenvalue weighted by molar-refractivity contribution is 7.15. The lowest BCUT2D eigenvalue weighted by Gasteiger charge is -2.29. The van der Waals surface area contributed by atoms with E-state index in [2.05, 4.69) is 16.9 Å². The first-order chi connectivity index (χ1) is 6.25. The molecule has 1 fully saturated rings. The predicted molar refractivity (Wildman–Crippen MR) is 53.8 cm³/mol. The topological polar surface area (TPSA) is 42.1 Å². The van der Waals surface area contributed by atoms with E-state index in [-0.39, 0.29) is 0 Å². The van der Waals surface area contributed by atoms with E-state index >= 15 is 0 Å². The summed E-state index contributed by atoms with van der Waals surface area (Å²) in [7, 11) is 2.22. The fourth-order valence-electron chi connectivity index (χ4n) is 2.59. The van der Waals surface area contributed by atoms with Crippen molar-refractivity contribution in [3.05, 3.63) is 10.6 Å². The molecule has 3 rings (SSSR count). The fourth-order valence-corrected chi connectivity index (χ4v) is 3.63. The number of thiazole rings is 1. The van der Waals surface area contributed by atoms with Gasteiger partial charge in [0.15, 0.2) is 5.13 Å². The van der Waals surface area contributed by atoms with Crippen LogP contribution in [0.5, 0.6) is 0 Å². The Balaban J connectivity index is 2.11. The van der Waals surface area contributed by atoms with Gasteiger partial charge in [0, 0.05) is 23.4 Å². The predicted octanol–water partition coefficient (Wildman–Crippen LogP) is 1.42. The van der Waals surface area contributed by atoms with Crippen molar-refractivity contribution in [2.24, 2.45) is 0 Å². The Morgan fingerprint density at radius 1 is 1.54 bits per heavy atom. The lowest BCUT2D eigenvalue weighted by atomic mass is 10.1. The second kappa shape index (κ2) is 2.45. The van der Waals surface area contributed by atoms with Crippen molar-refractivity contribution in [1.82, 2.24) is 9.88 Å². The molecule has 3 heterocycles. The molecule has 0 aromatic carbocycles. The highest BCUT2D eigenvalue weighted by atomic mass is 32.1. The first-order valence-corrected chi connectivity index (χ1v) is 5.54. The van der Waals surface area contributed by atoms with Gasteiger partial charge < -0.3 is 5.73 Å². The van der Waals surface area contributed by atoms with Gasteiger partial charge in [-0.3, -0.25) is 4.90 Å². The van der Waals surface area contributed by atoms with Crippen molar-refractivity contribution in [2.45, 2.75) is 31.3 Å². The SMILES string of the molecule is CN1C2CCC1c1sc(N)nc1C2. The maximum atomic E-state index is 5.72. The number of nitrogens with zero attached hydrogens (tertiary/aromatic N) is 2. The highest BCUT2D eigenvalue weighted by Gasteiger charge is 2.39. The van der Waals surface area contributed by atoms with Crippen molar-refractivity contribution in [3.63, 3.8) is 0 Å². The summed E-state index contributed by atoms with van der Waals surface area (Å²) in [6, 6.07) is 1.34. The van der Waals surface area contributed by atoms with Crippen LogP contribution in [0.1, 0.15) is 29.5 Å². The summed E-state index contributed by atoms with van der Waals surface area (Å²) in [6.07, 6.45) is 3.72. The largest absolute Gasteiger partial charge is 0.375 e. The smallest absolute Gasteiger partial charge is 0.180 e. The third-order valence-electron chi connectivity index (χ3n) is 3.32. The number of likely N-dealkylation sites (N-methyl/N-ethyl adjacent to an activating group) is 1. The molecule has 2 N–H and O–H groups in total. The van der Waals surface area contributed by atoms with Gasteiger partial charge >= 0.3 is 0 Å². The number of hydrogen-bond donors (Lipinski definition) is 1. The lowest BCUT2D eigenvalue weighted by molar-refractivity contribution is 0.226. The van der Waals surface area contributed by atoms with Gasteiger partial charge in [0.1, 0.15) is 0 Å². The van der Waals surface area contributed by atoms with E-state index in [4.69, 9.17) is 5.73 Å². The van der Waals surface area contributed by atoms with Crippen molar-refractivity contribution >= 4 is 16.5 Å². The molecule has 0 saturated carbocycles. The van der Waals surface area contributed by atoms with E-state index in [1.54, 1.807) is 11.3 Å². The molecule has 1 aromatic rings. The Morgan fingerprint density at radius 3 is 3.23 bits per heavy atom. The van der Waals surface area contributed by atoms with Gasteiger partial charge in [0.25, 0.3) is 0 Å². The molecule has 2 bridgehead atoms. The molecule has 0 radical (unpaired) electrons. The minimum Gasteiger partial charge on any atom is -0.375 e. The van der Waals surface area contributed by atoms with Crippen molar-refractivity contribution in [3.8, 4) is 0 Å². The zero-order valence-electron chi connectivity index (χ0n) is 7.66. The zero-order chi connectivity index (χ0) is 9.00. The Hall–Kier alpha value is -0.610. The summed E-state index contributed by atoms with van der Waals surface area (Å²) in [4.78, 5) is 8.31. The fraction of sp³-hybridized carbons (Fsp3) is 0.667. The second-order valence-corrected chi connectivity index (χ2v) is 5.04. The highest BCUT2D eigenvalue weighted by Crippen LogP contribution is 2.45. The maximum absolute atomic E-state index is 5.72. The molecule has 0 spiro atoms. The average molecular weight is 195 g/mol. The van der Waals surface area contributed by atoms with E-state index in [0.29, 0.717) is 6.04 Å². The molecule has 1 aromatic heterocycles. The van der Waals surface area contributed by atoms with E-state index in [0.717, 1.165) is 17.6 Å². The van der Waals surface area contributed by atoms with Crippen LogP contribution < -0.4 is 5.73 Å². The number of fused-ring (bicyclic) bond motifs is 4. The van der Waals surface area contributed by atoms with Gasteiger partial charge in [-0.25, -0.2) is 4.98 Å². The first kappa shape index (κ1) is 7.76. The molecule has 70 valence electrons. The lowest BCUT2D eigenvalue weighted by Crippen LogP contribution is -2.33. The molecule has 2 atom stereocenters. The minimum absolute atomic E-state index is 0.614. The molecule has 0 aliphatic carbocycles. The number of anilines is 1. The summed E-state index contributed by atoms with van der Waals surface area (Å²) in [5.74, 6) is 0. The molecule has 2 unspecified atom stereocenters. The van der Waals surface area contributed by atoms with Gasteiger partial charge in [0.2, 0.25) is 0 Å². The van der Waals surface area contributed by atoms with E-state index in [9.17, 15) is 0 Å². The summed E-state index contributed by atoms with van der Waals surface area (Å²) in [6.45, 7) is 0. The van der Waals surface area contributed by atoms with E-state index in [1.165, 1.54) is 23.4 Å². The van der Waals surface area contributed by atoms with Crippen LogP contribution in [0.2, 0.25) is 0 Å². The third kappa shape index (κ3) is 0.957. The van der Waals surface area contributed by atoms with Gasteiger partial charge in [-0.1, -0.05) is 0 Å². The van der Waals surface area contributed by atoms with E-state index in [1.807, 2.05) is 0 Å². The number of hydrogen-bond acceptors (Lipinski definition) is 4. The molecule has 2 aliphatic rings. The molecule has 0 amide bonds. The Kier molecular flexibility index (Phi) is 1.46. The monoisotopic (exact) mass is 195 g/mol. The van der Waals surface area contributed by atoms with Crippen LogP contribution in [-0.4, -0.2) is 23.0 Å². The molecular formula is C9H13N3S. The molecular weight excluding hydrogens is 182 g/mol. The number of aromatic nitrogens is 1. The van der Waals surface area contributed by atoms with Gasteiger partial charge in [0.05, 0.1) is 5.69 Å². The molecule has 13 heavy (non-hydrogen) atoms. The minimum atomic E-state index is 0.614. The maximum Gasteiger partial charge on any atom is 0.180 e. The summed E-state index contributed by atoms with van der Waals surface area (Å²) in [5, 5.41) is 0.742. The summed E-state index contributed by atoms with van der Waals surface area (Å²) >= 11 is 1.68. The van der Waals surface area contributed by atoms with Crippen LogP contribution in [0.25, 0.3) is 0 Å². The molecule has 3 nitrogen and oxygen atoms in total. The molecule has 4 heteroatoms. The number of nitrogen functional groups attached to an aromatic ring is 1. The van der Waals surface area contributed by atoms with Crippen molar-refractivity contribution in [2.75, 3.05) is 12.8 Å². The Bertz CT molecular complexity index is 347. The van der Waals surface area contributed by atoms with Crippen molar-refractivity contribution < 1.29 is 0 Å². The summed E-state index contributed by atoms with van der Waals surface area (Å²) in [5.41, 5.74) is 7.00. The van der Waals surface area contributed by atoms with Crippen LogP contribution in [0, 0.1) is 0 Å². The molecule has 2 aliphatic heterocycles. The number of nitrogens with two attached hydrogens (primary N) is 1. The van der Waals surface area contributed by atoms with Crippen LogP contribution >= 0.6 is 11.3 Å².